The highest BCUT2D eigenvalue weighted by Gasteiger charge is 2.16. The molecule has 0 aliphatic rings. The average molecular weight is 405 g/mol. The summed E-state index contributed by atoms with van der Waals surface area (Å²) >= 11 is 1.16. The first-order chi connectivity index (χ1) is 12.8. The number of amides is 1. The van der Waals surface area contributed by atoms with Gasteiger partial charge in [-0.2, -0.15) is 5.10 Å². The van der Waals surface area contributed by atoms with E-state index in [2.05, 4.69) is 15.1 Å². The molecule has 3 rings (SSSR count). The van der Waals surface area contributed by atoms with E-state index in [4.69, 9.17) is 0 Å². The van der Waals surface area contributed by atoms with E-state index in [1.54, 1.807) is 46.5 Å². The van der Waals surface area contributed by atoms with Crippen molar-refractivity contribution in [2.24, 2.45) is 7.05 Å². The Morgan fingerprint density at radius 3 is 2.44 bits per heavy atom. The maximum absolute atomic E-state index is 12.3. The SMILES string of the molecule is Cc1nn(C)c(C)c1NC(=O)Cc1ccc(NS(=O)(=O)c2cccs2)cc1. The molecule has 0 aliphatic heterocycles. The fourth-order valence-electron chi connectivity index (χ4n) is 2.64. The van der Waals surface area contributed by atoms with Crippen molar-refractivity contribution in [3.63, 3.8) is 0 Å². The molecule has 2 aromatic heterocycles. The monoisotopic (exact) mass is 404 g/mol. The summed E-state index contributed by atoms with van der Waals surface area (Å²) in [7, 11) is -1.75. The van der Waals surface area contributed by atoms with E-state index < -0.39 is 10.0 Å². The molecule has 0 saturated heterocycles. The lowest BCUT2D eigenvalue weighted by molar-refractivity contribution is -0.115. The number of thiophene rings is 1. The predicted octanol–water partition coefficient (Wildman–Crippen LogP) is 3.08. The average Bonchev–Trinajstić information content (AvgIpc) is 3.22. The molecule has 7 nitrogen and oxygen atoms in total. The molecule has 9 heteroatoms. The van der Waals surface area contributed by atoms with E-state index in [-0.39, 0.29) is 16.5 Å². The smallest absolute Gasteiger partial charge is 0.271 e. The zero-order valence-electron chi connectivity index (χ0n) is 15.2. The molecule has 0 unspecified atom stereocenters. The Morgan fingerprint density at radius 2 is 1.89 bits per heavy atom. The second-order valence-corrected chi connectivity index (χ2v) is 8.99. The first kappa shape index (κ1) is 19.1. The summed E-state index contributed by atoms with van der Waals surface area (Å²) in [4.78, 5) is 12.3. The summed E-state index contributed by atoms with van der Waals surface area (Å²) in [5.74, 6) is -0.152. The number of nitrogens with zero attached hydrogens (tertiary/aromatic N) is 2. The molecular formula is C18H20N4O3S2. The molecule has 1 amide bonds. The number of sulfonamides is 1. The Balaban J connectivity index is 1.64. The molecule has 0 spiro atoms. The van der Waals surface area contributed by atoms with Gasteiger partial charge in [0, 0.05) is 12.7 Å². The van der Waals surface area contributed by atoms with Crippen molar-refractivity contribution >= 4 is 38.6 Å². The van der Waals surface area contributed by atoms with Crippen molar-refractivity contribution in [2.45, 2.75) is 24.5 Å². The van der Waals surface area contributed by atoms with Gasteiger partial charge in [-0.3, -0.25) is 14.2 Å². The quantitative estimate of drug-likeness (QED) is 0.660. The van der Waals surface area contributed by atoms with Crippen LogP contribution in [-0.4, -0.2) is 24.1 Å². The number of anilines is 2. The van der Waals surface area contributed by atoms with Gasteiger partial charge >= 0.3 is 0 Å². The van der Waals surface area contributed by atoms with Gasteiger partial charge in [0.25, 0.3) is 10.0 Å². The third-order valence-electron chi connectivity index (χ3n) is 4.10. The van der Waals surface area contributed by atoms with Crippen LogP contribution in [0.25, 0.3) is 0 Å². The van der Waals surface area contributed by atoms with Gasteiger partial charge < -0.3 is 5.32 Å². The van der Waals surface area contributed by atoms with Crippen LogP contribution < -0.4 is 10.0 Å². The fraction of sp³-hybridized carbons (Fsp3) is 0.222. The molecule has 1 aromatic carbocycles. The number of hydrogen-bond acceptors (Lipinski definition) is 5. The summed E-state index contributed by atoms with van der Waals surface area (Å²) in [5.41, 5.74) is 3.61. The molecule has 0 fully saturated rings. The molecule has 0 bridgehead atoms. The van der Waals surface area contributed by atoms with Crippen LogP contribution in [0.15, 0.2) is 46.0 Å². The van der Waals surface area contributed by atoms with Gasteiger partial charge in [-0.25, -0.2) is 8.42 Å². The summed E-state index contributed by atoms with van der Waals surface area (Å²) in [6.45, 7) is 3.74. The molecule has 0 radical (unpaired) electrons. The summed E-state index contributed by atoms with van der Waals surface area (Å²) < 4.78 is 29.0. The largest absolute Gasteiger partial charge is 0.323 e. The normalized spacial score (nSPS) is 11.4. The summed E-state index contributed by atoms with van der Waals surface area (Å²) in [5, 5.41) is 8.87. The number of hydrogen-bond donors (Lipinski definition) is 2. The molecule has 2 N–H and O–H groups in total. The van der Waals surface area contributed by atoms with Gasteiger partial charge in [0.15, 0.2) is 0 Å². The Kier molecular flexibility index (Phi) is 5.33. The van der Waals surface area contributed by atoms with Gasteiger partial charge in [-0.15, -0.1) is 11.3 Å². The van der Waals surface area contributed by atoms with Gasteiger partial charge in [0.2, 0.25) is 5.91 Å². The topological polar surface area (TPSA) is 93.1 Å². The van der Waals surface area contributed by atoms with Gasteiger partial charge in [-0.1, -0.05) is 18.2 Å². The Bertz CT molecular complexity index is 1050. The number of rotatable bonds is 6. The predicted molar refractivity (Wildman–Crippen MR) is 107 cm³/mol. The second-order valence-electron chi connectivity index (χ2n) is 6.13. The lowest BCUT2D eigenvalue weighted by Gasteiger charge is -2.08. The lowest BCUT2D eigenvalue weighted by atomic mass is 10.1. The molecule has 142 valence electrons. The minimum absolute atomic E-state index is 0.152. The fourth-order valence-corrected chi connectivity index (χ4v) is 4.69. The van der Waals surface area contributed by atoms with Crippen LogP contribution in [0.1, 0.15) is 17.0 Å². The van der Waals surface area contributed by atoms with Crippen LogP contribution in [0.4, 0.5) is 11.4 Å². The highest BCUT2D eigenvalue weighted by Crippen LogP contribution is 2.21. The Labute approximate surface area is 162 Å². The minimum Gasteiger partial charge on any atom is -0.323 e. The molecular weight excluding hydrogens is 384 g/mol. The van der Waals surface area contributed by atoms with Crippen LogP contribution in [-0.2, 0) is 28.3 Å². The zero-order valence-corrected chi connectivity index (χ0v) is 16.8. The maximum Gasteiger partial charge on any atom is 0.271 e. The van der Waals surface area contributed by atoms with Crippen LogP contribution >= 0.6 is 11.3 Å². The number of nitrogens with one attached hydrogen (secondary N) is 2. The van der Waals surface area contributed by atoms with Crippen molar-refractivity contribution < 1.29 is 13.2 Å². The molecule has 0 saturated carbocycles. The van der Waals surface area contributed by atoms with Crippen LogP contribution in [0.2, 0.25) is 0 Å². The van der Waals surface area contributed by atoms with Gasteiger partial charge in [0.1, 0.15) is 4.21 Å². The van der Waals surface area contributed by atoms with E-state index >= 15 is 0 Å². The third-order valence-corrected chi connectivity index (χ3v) is 6.88. The molecule has 2 heterocycles. The molecule has 0 atom stereocenters. The van der Waals surface area contributed by atoms with Crippen LogP contribution in [0.3, 0.4) is 0 Å². The lowest BCUT2D eigenvalue weighted by Crippen LogP contribution is -2.15. The number of benzene rings is 1. The highest BCUT2D eigenvalue weighted by atomic mass is 32.2. The summed E-state index contributed by atoms with van der Waals surface area (Å²) in [6, 6.07) is 9.99. The Morgan fingerprint density at radius 1 is 1.19 bits per heavy atom. The van der Waals surface area contributed by atoms with Crippen molar-refractivity contribution in [3.05, 3.63) is 58.7 Å². The second kappa shape index (κ2) is 7.53. The first-order valence-corrected chi connectivity index (χ1v) is 10.6. The van der Waals surface area contributed by atoms with Gasteiger partial charge in [0.05, 0.1) is 23.5 Å². The summed E-state index contributed by atoms with van der Waals surface area (Å²) in [6.07, 6.45) is 0.186. The van der Waals surface area contributed by atoms with Crippen LogP contribution in [0, 0.1) is 13.8 Å². The first-order valence-electron chi connectivity index (χ1n) is 8.21. The van der Waals surface area contributed by atoms with E-state index in [0.29, 0.717) is 5.69 Å². The zero-order chi connectivity index (χ0) is 19.6. The third kappa shape index (κ3) is 4.37. The van der Waals surface area contributed by atoms with Gasteiger partial charge in [-0.05, 0) is 43.0 Å². The number of carbonyl (C=O) groups excluding carboxylic acids is 1. The van der Waals surface area contributed by atoms with Crippen molar-refractivity contribution in [3.8, 4) is 0 Å². The van der Waals surface area contributed by atoms with Crippen molar-refractivity contribution in [1.29, 1.82) is 0 Å². The number of aromatic nitrogens is 2. The molecule has 0 aliphatic carbocycles. The van der Waals surface area contributed by atoms with E-state index in [1.807, 2.05) is 20.9 Å². The van der Waals surface area contributed by atoms with E-state index in [9.17, 15) is 13.2 Å². The Hall–Kier alpha value is -2.65. The van der Waals surface area contributed by atoms with Crippen molar-refractivity contribution in [1.82, 2.24) is 9.78 Å². The molecule has 3 aromatic rings. The van der Waals surface area contributed by atoms with Crippen molar-refractivity contribution in [2.75, 3.05) is 10.0 Å². The van der Waals surface area contributed by atoms with Crippen LogP contribution in [0.5, 0.6) is 0 Å². The molecule has 27 heavy (non-hydrogen) atoms. The van der Waals surface area contributed by atoms with E-state index in [1.165, 1.54) is 0 Å². The standard InChI is InChI=1S/C18H20N4O3S2/c1-12-18(13(2)22(3)20-12)19-16(23)11-14-6-8-15(9-7-14)21-27(24,25)17-5-4-10-26-17/h4-10,21H,11H2,1-3H3,(H,19,23). The number of aryl methyl sites for hydroxylation is 2. The number of carbonyl (C=O) groups is 1. The minimum atomic E-state index is -3.57. The highest BCUT2D eigenvalue weighted by molar-refractivity contribution is 7.94. The maximum atomic E-state index is 12.3. The van der Waals surface area contributed by atoms with E-state index in [0.717, 1.165) is 34.0 Å².